The average Bonchev–Trinajstić information content (AvgIpc) is 2.67. The summed E-state index contributed by atoms with van der Waals surface area (Å²) in [4.78, 5) is 12.6. The minimum absolute atomic E-state index is 0.0719. The van der Waals surface area contributed by atoms with Crippen molar-refractivity contribution < 1.29 is 9.36 Å². The first-order valence-corrected chi connectivity index (χ1v) is 9.14. The Morgan fingerprint density at radius 2 is 1.38 bits per heavy atom. The molecule has 3 aromatic rings. The van der Waals surface area contributed by atoms with Gasteiger partial charge in [0.15, 0.2) is 16.4 Å². The van der Waals surface area contributed by atoms with E-state index in [9.17, 15) is 9.36 Å². The number of carbonyl (C=O) groups excluding carboxylic acids is 1. The van der Waals surface area contributed by atoms with Crippen molar-refractivity contribution in [2.24, 2.45) is 0 Å². The van der Waals surface area contributed by atoms with Crippen LogP contribution in [0.2, 0.25) is 0 Å². The summed E-state index contributed by atoms with van der Waals surface area (Å²) in [6, 6.07) is 26.2. The van der Waals surface area contributed by atoms with Gasteiger partial charge in [-0.1, -0.05) is 72.2 Å². The molecule has 0 fully saturated rings. The van der Waals surface area contributed by atoms with Gasteiger partial charge in [0.1, 0.15) is 0 Å². The summed E-state index contributed by atoms with van der Waals surface area (Å²) in [5, 5.41) is 1.55. The van der Waals surface area contributed by atoms with Crippen molar-refractivity contribution in [3.05, 3.63) is 96.1 Å². The number of hydrogen-bond donors (Lipinski definition) is 0. The normalized spacial score (nSPS) is 12.5. The first-order valence-electron chi connectivity index (χ1n) is 7.88. The summed E-state index contributed by atoms with van der Waals surface area (Å²) in [7, 11) is -1.65. The quantitative estimate of drug-likeness (QED) is 0.510. The van der Waals surface area contributed by atoms with Crippen LogP contribution in [-0.2, 0) is 4.57 Å². The molecule has 2 unspecified atom stereocenters. The predicted molar refractivity (Wildman–Crippen MR) is 98.9 cm³/mol. The molecule has 2 nitrogen and oxygen atoms in total. The summed E-state index contributed by atoms with van der Waals surface area (Å²) in [5.74, 6) is -0.200. The molecule has 0 N–H and O–H groups in total. The van der Waals surface area contributed by atoms with E-state index < -0.39 is 7.80 Å². The third kappa shape index (κ3) is 3.50. The Labute approximate surface area is 143 Å². The molecule has 0 heterocycles. The van der Waals surface area contributed by atoms with E-state index in [0.717, 1.165) is 16.2 Å². The maximum absolute atomic E-state index is 12.7. The van der Waals surface area contributed by atoms with Gasteiger partial charge in [-0.05, 0) is 29.8 Å². The Bertz CT molecular complexity index is 857. The second-order valence-electron chi connectivity index (χ2n) is 5.68. The lowest BCUT2D eigenvalue weighted by Gasteiger charge is -2.10. The van der Waals surface area contributed by atoms with Crippen LogP contribution in [0.15, 0.2) is 84.9 Å². The molecule has 0 aliphatic rings. The first-order chi connectivity index (χ1) is 11.7. The summed E-state index contributed by atoms with van der Waals surface area (Å²) >= 11 is 0. The number of hydrogen-bond acceptors (Lipinski definition) is 2. The van der Waals surface area contributed by atoms with Gasteiger partial charge in [-0.2, -0.15) is 0 Å². The van der Waals surface area contributed by atoms with E-state index in [1.54, 1.807) is 0 Å². The number of Topliss-reactive ketones (excluding diaryl/α,β-unsaturated/α-hetero) is 1. The minimum Gasteiger partial charge on any atom is -0.294 e. The van der Waals surface area contributed by atoms with Crippen LogP contribution in [0.5, 0.6) is 0 Å². The van der Waals surface area contributed by atoms with Gasteiger partial charge in [0.25, 0.3) is 0 Å². The highest BCUT2D eigenvalue weighted by Crippen LogP contribution is 2.24. The molecule has 118 valence electrons. The molecule has 24 heavy (non-hydrogen) atoms. The van der Waals surface area contributed by atoms with Crippen LogP contribution < -0.4 is 10.6 Å². The van der Waals surface area contributed by atoms with Crippen LogP contribution in [0, 0.1) is 0 Å². The monoisotopic (exact) mass is 333 g/mol. The van der Waals surface area contributed by atoms with Crippen molar-refractivity contribution in [3.63, 3.8) is 0 Å². The van der Waals surface area contributed by atoms with Crippen molar-refractivity contribution in [1.29, 1.82) is 0 Å². The third-order valence-electron chi connectivity index (χ3n) is 4.05. The van der Waals surface area contributed by atoms with Gasteiger partial charge in [-0.15, -0.1) is 0 Å². The van der Waals surface area contributed by atoms with Gasteiger partial charge < -0.3 is 0 Å². The molecule has 0 saturated carbocycles. The molecule has 0 bridgehead atoms. The maximum Gasteiger partial charge on any atom is 0.415 e. The SMILES string of the molecule is CC(C(=O)c1ccccc1)c1cccc([P+](=O)c2ccccc2)c1. The van der Waals surface area contributed by atoms with Gasteiger partial charge in [-0.25, -0.2) is 0 Å². The molecule has 3 heteroatoms. The van der Waals surface area contributed by atoms with Crippen LogP contribution in [0.4, 0.5) is 0 Å². The van der Waals surface area contributed by atoms with Crippen LogP contribution in [0.25, 0.3) is 0 Å². The molecule has 0 aliphatic carbocycles. The topological polar surface area (TPSA) is 34.1 Å². The van der Waals surface area contributed by atoms with Crippen LogP contribution in [0.3, 0.4) is 0 Å². The van der Waals surface area contributed by atoms with Gasteiger partial charge in [0, 0.05) is 11.5 Å². The molecule has 0 aliphatic heterocycles. The molecule has 2 atom stereocenters. The van der Waals surface area contributed by atoms with Crippen molar-refractivity contribution >= 4 is 24.2 Å². The number of rotatable bonds is 5. The van der Waals surface area contributed by atoms with Gasteiger partial charge >= 0.3 is 7.80 Å². The fraction of sp³-hybridized carbons (Fsp3) is 0.0952. The Morgan fingerprint density at radius 3 is 2.04 bits per heavy atom. The van der Waals surface area contributed by atoms with E-state index in [-0.39, 0.29) is 11.7 Å². The lowest BCUT2D eigenvalue weighted by Crippen LogP contribution is -2.13. The maximum atomic E-state index is 12.7. The Morgan fingerprint density at radius 1 is 0.792 bits per heavy atom. The third-order valence-corrected chi connectivity index (χ3v) is 5.56. The number of carbonyl (C=O) groups is 1. The summed E-state index contributed by atoms with van der Waals surface area (Å²) in [5.41, 5.74) is 1.59. The first kappa shape index (κ1) is 16.3. The highest BCUT2D eigenvalue weighted by atomic mass is 31.1. The van der Waals surface area contributed by atoms with Crippen molar-refractivity contribution in [2.75, 3.05) is 0 Å². The molecule has 3 aromatic carbocycles. The number of benzene rings is 3. The zero-order chi connectivity index (χ0) is 16.9. The van der Waals surface area contributed by atoms with Crippen LogP contribution >= 0.6 is 7.80 Å². The fourth-order valence-electron chi connectivity index (χ4n) is 2.64. The fourth-order valence-corrected chi connectivity index (χ4v) is 3.87. The molecular formula is C21H18O2P+. The Balaban J connectivity index is 1.88. The molecular weight excluding hydrogens is 315 g/mol. The lowest BCUT2D eigenvalue weighted by atomic mass is 9.92. The van der Waals surface area contributed by atoms with Crippen molar-refractivity contribution in [3.8, 4) is 0 Å². The van der Waals surface area contributed by atoms with E-state index in [4.69, 9.17) is 0 Å². The van der Waals surface area contributed by atoms with E-state index in [0.29, 0.717) is 5.56 Å². The molecule has 0 spiro atoms. The summed E-state index contributed by atoms with van der Waals surface area (Å²) < 4.78 is 12.7. The summed E-state index contributed by atoms with van der Waals surface area (Å²) in [6.07, 6.45) is 0. The predicted octanol–water partition coefficient (Wildman–Crippen LogP) is 4.45. The standard InChI is InChI=1S/C21H18O2P/c1-16(21(22)17-9-4-2-5-10-17)18-11-8-14-20(15-18)24(23)19-12-6-3-7-13-19/h2-16H,1H3/q+1. The molecule has 0 radical (unpaired) electrons. The molecule has 0 saturated heterocycles. The van der Waals surface area contributed by atoms with E-state index >= 15 is 0 Å². The second-order valence-corrected chi connectivity index (χ2v) is 7.30. The van der Waals surface area contributed by atoms with E-state index in [2.05, 4.69) is 0 Å². The second kappa shape index (κ2) is 7.33. The smallest absolute Gasteiger partial charge is 0.294 e. The van der Waals surface area contributed by atoms with Gasteiger partial charge in [0.2, 0.25) is 0 Å². The highest BCUT2D eigenvalue weighted by Gasteiger charge is 2.25. The number of ketones is 1. The van der Waals surface area contributed by atoms with Crippen molar-refractivity contribution in [2.45, 2.75) is 12.8 Å². The zero-order valence-electron chi connectivity index (χ0n) is 13.4. The van der Waals surface area contributed by atoms with Gasteiger partial charge in [0.05, 0.1) is 0 Å². The lowest BCUT2D eigenvalue weighted by molar-refractivity contribution is 0.0966. The van der Waals surface area contributed by atoms with Gasteiger partial charge in [-0.3, -0.25) is 4.79 Å². The Hall–Kier alpha value is -2.57. The average molecular weight is 333 g/mol. The van der Waals surface area contributed by atoms with Crippen LogP contribution in [0.1, 0.15) is 28.8 Å². The largest absolute Gasteiger partial charge is 0.415 e. The zero-order valence-corrected chi connectivity index (χ0v) is 14.3. The minimum atomic E-state index is -1.65. The van der Waals surface area contributed by atoms with E-state index in [1.165, 1.54) is 0 Å². The van der Waals surface area contributed by atoms with Crippen LogP contribution in [-0.4, -0.2) is 5.78 Å². The molecule has 0 amide bonds. The Kier molecular flexibility index (Phi) is 4.98. The molecule has 0 aromatic heterocycles. The van der Waals surface area contributed by atoms with E-state index in [1.807, 2.05) is 91.9 Å². The highest BCUT2D eigenvalue weighted by molar-refractivity contribution is 7.61. The van der Waals surface area contributed by atoms with Crippen molar-refractivity contribution in [1.82, 2.24) is 0 Å². The molecule has 3 rings (SSSR count). The summed E-state index contributed by atoms with van der Waals surface area (Å²) in [6.45, 7) is 1.89.